The highest BCUT2D eigenvalue weighted by Gasteiger charge is 2.35. The lowest BCUT2D eigenvalue weighted by molar-refractivity contribution is -0.145. The Kier molecular flexibility index (Phi) is 5.80. The van der Waals surface area contributed by atoms with Crippen LogP contribution in [-0.2, 0) is 22.6 Å². The van der Waals surface area contributed by atoms with Gasteiger partial charge in [0.15, 0.2) is 0 Å². The summed E-state index contributed by atoms with van der Waals surface area (Å²) in [4.78, 5) is 17.8. The van der Waals surface area contributed by atoms with E-state index in [2.05, 4.69) is 22.9 Å². The number of ether oxygens (including phenoxy) is 2. The van der Waals surface area contributed by atoms with Crippen LogP contribution in [0.5, 0.6) is 5.75 Å². The summed E-state index contributed by atoms with van der Waals surface area (Å²) in [6.45, 7) is 2.95. The number of carbonyl (C=O) groups is 1. The normalized spacial score (nSPS) is 17.2. The van der Waals surface area contributed by atoms with Crippen molar-refractivity contribution in [1.82, 2.24) is 4.90 Å². The van der Waals surface area contributed by atoms with Gasteiger partial charge in [0.25, 0.3) is 5.91 Å². The Morgan fingerprint density at radius 3 is 2.89 bits per heavy atom. The van der Waals surface area contributed by atoms with E-state index >= 15 is 0 Å². The number of hydrogen-bond donors (Lipinski definition) is 0. The van der Waals surface area contributed by atoms with Gasteiger partial charge in [-0.1, -0.05) is 18.2 Å². The van der Waals surface area contributed by atoms with E-state index in [0.717, 1.165) is 24.3 Å². The third kappa shape index (κ3) is 3.85. The molecule has 146 valence electrons. The average Bonchev–Trinajstić information content (AvgIpc) is 3.42. The monoisotopic (exact) mass is 413 g/mol. The predicted octanol–water partition coefficient (Wildman–Crippen LogP) is 4.90. The maximum absolute atomic E-state index is 13.3. The van der Waals surface area contributed by atoms with Crippen LogP contribution >= 0.6 is 22.7 Å². The molecule has 1 aromatic carbocycles. The van der Waals surface area contributed by atoms with Gasteiger partial charge in [-0.05, 0) is 59.5 Å². The summed E-state index contributed by atoms with van der Waals surface area (Å²) in [5.41, 5.74) is 2.25. The fourth-order valence-corrected chi connectivity index (χ4v) is 5.35. The standard InChI is InChI=1S/C22H23NO3S2/c1-15(26-14-16-5-3-6-17(13-16)25-2)22(24)23-10-8-19-18(9-12-28-19)21(23)20-7-4-11-27-20/h3-7,9,11-13,15,21H,8,10,14H2,1-2H3. The van der Waals surface area contributed by atoms with Gasteiger partial charge in [-0.2, -0.15) is 0 Å². The average molecular weight is 414 g/mol. The van der Waals surface area contributed by atoms with Crippen molar-refractivity contribution < 1.29 is 14.3 Å². The molecule has 0 fully saturated rings. The Balaban J connectivity index is 1.49. The Hall–Kier alpha value is -2.15. The number of benzene rings is 1. The van der Waals surface area contributed by atoms with Crippen LogP contribution in [-0.4, -0.2) is 30.6 Å². The first kappa shape index (κ1) is 19.2. The minimum Gasteiger partial charge on any atom is -0.497 e. The molecule has 3 heterocycles. The molecule has 3 aromatic rings. The highest BCUT2D eigenvalue weighted by molar-refractivity contribution is 7.10. The van der Waals surface area contributed by atoms with Gasteiger partial charge >= 0.3 is 0 Å². The molecule has 2 unspecified atom stereocenters. The number of rotatable bonds is 6. The van der Waals surface area contributed by atoms with Crippen LogP contribution in [0.4, 0.5) is 0 Å². The summed E-state index contributed by atoms with van der Waals surface area (Å²) in [5, 5.41) is 4.20. The quantitative estimate of drug-likeness (QED) is 0.577. The molecule has 28 heavy (non-hydrogen) atoms. The molecule has 2 atom stereocenters. The van der Waals surface area contributed by atoms with Crippen molar-refractivity contribution in [2.45, 2.75) is 32.1 Å². The molecule has 1 aliphatic rings. The van der Waals surface area contributed by atoms with Crippen LogP contribution in [0, 0.1) is 0 Å². The van der Waals surface area contributed by atoms with Crippen LogP contribution in [0.15, 0.2) is 53.2 Å². The topological polar surface area (TPSA) is 38.8 Å². The molecule has 4 rings (SSSR count). The Labute approximate surface area is 173 Å². The van der Waals surface area contributed by atoms with Crippen molar-refractivity contribution in [3.63, 3.8) is 0 Å². The van der Waals surface area contributed by atoms with Crippen LogP contribution in [0.25, 0.3) is 0 Å². The molecule has 0 N–H and O–H groups in total. The molecule has 0 spiro atoms. The van der Waals surface area contributed by atoms with E-state index in [0.29, 0.717) is 6.61 Å². The van der Waals surface area contributed by atoms with Gasteiger partial charge in [-0.25, -0.2) is 0 Å². The summed E-state index contributed by atoms with van der Waals surface area (Å²) >= 11 is 3.48. The molecule has 0 bridgehead atoms. The van der Waals surface area contributed by atoms with Crippen LogP contribution in [0.1, 0.15) is 33.8 Å². The van der Waals surface area contributed by atoms with Gasteiger partial charge in [0, 0.05) is 16.3 Å². The van der Waals surface area contributed by atoms with E-state index in [1.807, 2.05) is 42.2 Å². The van der Waals surface area contributed by atoms with Gasteiger partial charge in [0.2, 0.25) is 0 Å². The Bertz CT molecular complexity index is 935. The Morgan fingerprint density at radius 2 is 2.11 bits per heavy atom. The molecule has 2 aromatic heterocycles. The summed E-state index contributed by atoms with van der Waals surface area (Å²) < 4.78 is 11.2. The smallest absolute Gasteiger partial charge is 0.252 e. The van der Waals surface area contributed by atoms with Gasteiger partial charge in [0.05, 0.1) is 19.8 Å². The minimum absolute atomic E-state index is 0.00892. The van der Waals surface area contributed by atoms with Crippen molar-refractivity contribution in [3.8, 4) is 5.75 Å². The zero-order chi connectivity index (χ0) is 19.5. The fourth-order valence-electron chi connectivity index (χ4n) is 3.60. The fraction of sp³-hybridized carbons (Fsp3) is 0.318. The number of methoxy groups -OCH3 is 1. The number of nitrogens with zero attached hydrogens (tertiary/aromatic N) is 1. The van der Waals surface area contributed by atoms with Gasteiger partial charge in [-0.15, -0.1) is 22.7 Å². The van der Waals surface area contributed by atoms with E-state index < -0.39 is 6.10 Å². The SMILES string of the molecule is COc1cccc(COC(C)C(=O)N2CCc3sccc3C2c2cccs2)c1. The molecule has 1 amide bonds. The number of thiophene rings is 2. The minimum atomic E-state index is -0.506. The number of hydrogen-bond acceptors (Lipinski definition) is 5. The van der Waals surface area contributed by atoms with E-state index in [-0.39, 0.29) is 11.9 Å². The number of fused-ring (bicyclic) bond motifs is 1. The first-order valence-electron chi connectivity index (χ1n) is 9.32. The third-order valence-corrected chi connectivity index (χ3v) is 6.96. The second-order valence-electron chi connectivity index (χ2n) is 6.80. The summed E-state index contributed by atoms with van der Waals surface area (Å²) in [6.07, 6.45) is 0.400. The lowest BCUT2D eigenvalue weighted by atomic mass is 9.98. The number of amides is 1. The van der Waals surface area contributed by atoms with Crippen molar-refractivity contribution in [3.05, 3.63) is 74.1 Å². The molecule has 1 aliphatic heterocycles. The number of carbonyl (C=O) groups excluding carboxylic acids is 1. The predicted molar refractivity (Wildman–Crippen MR) is 113 cm³/mol. The summed E-state index contributed by atoms with van der Waals surface area (Å²) in [5.74, 6) is 0.831. The van der Waals surface area contributed by atoms with Gasteiger partial charge in [0.1, 0.15) is 11.9 Å². The zero-order valence-corrected chi connectivity index (χ0v) is 17.6. The molecule has 0 saturated heterocycles. The third-order valence-electron chi connectivity index (χ3n) is 5.04. The molecule has 0 aliphatic carbocycles. The van der Waals surface area contributed by atoms with E-state index in [1.165, 1.54) is 15.3 Å². The van der Waals surface area contributed by atoms with E-state index in [4.69, 9.17) is 9.47 Å². The van der Waals surface area contributed by atoms with Crippen molar-refractivity contribution in [2.24, 2.45) is 0 Å². The first-order chi connectivity index (χ1) is 13.7. The zero-order valence-electron chi connectivity index (χ0n) is 16.0. The lowest BCUT2D eigenvalue weighted by Gasteiger charge is -2.37. The maximum Gasteiger partial charge on any atom is 0.252 e. The van der Waals surface area contributed by atoms with E-state index in [1.54, 1.807) is 29.8 Å². The van der Waals surface area contributed by atoms with Gasteiger partial charge in [-0.3, -0.25) is 4.79 Å². The molecule has 0 radical (unpaired) electrons. The van der Waals surface area contributed by atoms with Crippen LogP contribution < -0.4 is 4.74 Å². The van der Waals surface area contributed by atoms with Crippen LogP contribution in [0.2, 0.25) is 0 Å². The lowest BCUT2D eigenvalue weighted by Crippen LogP contribution is -2.44. The summed E-state index contributed by atoms with van der Waals surface area (Å²) in [7, 11) is 1.64. The van der Waals surface area contributed by atoms with Crippen molar-refractivity contribution >= 4 is 28.6 Å². The summed E-state index contributed by atoms with van der Waals surface area (Å²) in [6, 6.07) is 14.1. The van der Waals surface area contributed by atoms with Gasteiger partial charge < -0.3 is 14.4 Å². The maximum atomic E-state index is 13.3. The van der Waals surface area contributed by atoms with Crippen LogP contribution in [0.3, 0.4) is 0 Å². The largest absolute Gasteiger partial charge is 0.497 e. The van der Waals surface area contributed by atoms with Crippen molar-refractivity contribution in [1.29, 1.82) is 0 Å². The molecule has 6 heteroatoms. The highest BCUT2D eigenvalue weighted by Crippen LogP contribution is 2.39. The molecule has 0 saturated carbocycles. The van der Waals surface area contributed by atoms with E-state index in [9.17, 15) is 4.79 Å². The second-order valence-corrected chi connectivity index (χ2v) is 8.78. The molecule has 4 nitrogen and oxygen atoms in total. The molecular formula is C22H23NO3S2. The first-order valence-corrected chi connectivity index (χ1v) is 11.1. The Morgan fingerprint density at radius 1 is 1.21 bits per heavy atom. The molecular weight excluding hydrogens is 390 g/mol. The second kappa shape index (κ2) is 8.47. The highest BCUT2D eigenvalue weighted by atomic mass is 32.1. The van der Waals surface area contributed by atoms with Crippen molar-refractivity contribution in [2.75, 3.05) is 13.7 Å².